The predicted molar refractivity (Wildman–Crippen MR) is 79.5 cm³/mol. The van der Waals surface area contributed by atoms with Crippen LogP contribution in [0.25, 0.3) is 0 Å². The number of amides is 1. The highest BCUT2D eigenvalue weighted by molar-refractivity contribution is 6.31. The summed E-state index contributed by atoms with van der Waals surface area (Å²) < 4.78 is 13.8. The van der Waals surface area contributed by atoms with Gasteiger partial charge in [0.1, 0.15) is 5.82 Å². The van der Waals surface area contributed by atoms with E-state index >= 15 is 0 Å². The van der Waals surface area contributed by atoms with Gasteiger partial charge in [0.25, 0.3) is 5.91 Å². The molecule has 21 heavy (non-hydrogen) atoms. The minimum absolute atomic E-state index is 0.113. The Balaban J connectivity index is 2.22. The number of hydrogen-bond acceptors (Lipinski definition) is 3. The fraction of sp³-hybridized carbons (Fsp3) is 0.0667. The molecule has 0 saturated carbocycles. The molecular weight excluding hydrogens is 293 g/mol. The average Bonchev–Trinajstić information content (AvgIpc) is 2.48. The Labute approximate surface area is 126 Å². The Morgan fingerprint density at radius 3 is 3.00 bits per heavy atom. The van der Waals surface area contributed by atoms with Crippen LogP contribution >= 0.6 is 11.6 Å². The van der Waals surface area contributed by atoms with Gasteiger partial charge in [-0.1, -0.05) is 29.5 Å². The minimum atomic E-state index is -0.768. The maximum atomic E-state index is 13.8. The number of carbonyl (C=O) groups is 1. The summed E-state index contributed by atoms with van der Waals surface area (Å²) in [5.74, 6) is 4.38. The molecule has 2 rings (SSSR count). The van der Waals surface area contributed by atoms with Gasteiger partial charge in [-0.05, 0) is 24.3 Å². The first-order valence-corrected chi connectivity index (χ1v) is 6.40. The summed E-state index contributed by atoms with van der Waals surface area (Å²) >= 11 is 5.64. The molecule has 6 heteroatoms. The topological polar surface area (TPSA) is 68.0 Å². The molecule has 0 aliphatic rings. The summed E-state index contributed by atoms with van der Waals surface area (Å²) in [5, 5.41) is 2.38. The van der Waals surface area contributed by atoms with E-state index in [4.69, 9.17) is 17.3 Å². The summed E-state index contributed by atoms with van der Waals surface area (Å²) in [7, 11) is 0. The number of carbonyl (C=O) groups excluding carboxylic acids is 1. The third-order valence-corrected chi connectivity index (χ3v) is 2.82. The van der Waals surface area contributed by atoms with Crippen molar-refractivity contribution in [2.75, 3.05) is 11.9 Å². The molecule has 0 unspecified atom stereocenters. The van der Waals surface area contributed by atoms with Crippen molar-refractivity contribution in [2.45, 2.75) is 0 Å². The van der Waals surface area contributed by atoms with E-state index in [9.17, 15) is 9.18 Å². The van der Waals surface area contributed by atoms with Crippen LogP contribution in [-0.2, 0) is 0 Å². The van der Waals surface area contributed by atoms with Crippen molar-refractivity contribution in [3.05, 3.63) is 58.5 Å². The largest absolute Gasteiger partial charge is 0.320 e. The van der Waals surface area contributed by atoms with Crippen LogP contribution in [0.4, 0.5) is 10.2 Å². The van der Waals surface area contributed by atoms with E-state index in [0.29, 0.717) is 5.56 Å². The van der Waals surface area contributed by atoms with E-state index in [0.717, 1.165) is 0 Å². The molecular formula is C15H11ClFN3O. The SMILES string of the molecule is NCC#Cc1ccnc(NC(=O)c2cccc(Cl)c2F)c1. The molecule has 1 heterocycles. The number of rotatable bonds is 2. The van der Waals surface area contributed by atoms with E-state index < -0.39 is 11.7 Å². The Morgan fingerprint density at radius 2 is 2.24 bits per heavy atom. The number of benzene rings is 1. The van der Waals surface area contributed by atoms with Crippen molar-refractivity contribution < 1.29 is 9.18 Å². The lowest BCUT2D eigenvalue weighted by molar-refractivity contribution is 0.102. The van der Waals surface area contributed by atoms with Gasteiger partial charge in [0.15, 0.2) is 5.82 Å². The molecule has 4 nitrogen and oxygen atoms in total. The molecule has 0 saturated heterocycles. The molecule has 1 aromatic heterocycles. The van der Waals surface area contributed by atoms with E-state index in [-0.39, 0.29) is 22.9 Å². The summed E-state index contributed by atoms with van der Waals surface area (Å²) in [6.45, 7) is 0.234. The van der Waals surface area contributed by atoms with Crippen molar-refractivity contribution in [2.24, 2.45) is 5.73 Å². The molecule has 0 fully saturated rings. The Hall–Kier alpha value is -2.42. The van der Waals surface area contributed by atoms with Crippen LogP contribution in [0.1, 0.15) is 15.9 Å². The van der Waals surface area contributed by atoms with Gasteiger partial charge in [-0.2, -0.15) is 0 Å². The maximum Gasteiger partial charge on any atom is 0.259 e. The van der Waals surface area contributed by atoms with Crippen molar-refractivity contribution >= 4 is 23.3 Å². The van der Waals surface area contributed by atoms with E-state index in [1.807, 2.05) is 0 Å². The smallest absolute Gasteiger partial charge is 0.259 e. The van der Waals surface area contributed by atoms with Crippen LogP contribution in [0.5, 0.6) is 0 Å². The first-order valence-electron chi connectivity index (χ1n) is 6.02. The number of nitrogens with two attached hydrogens (primary N) is 1. The van der Waals surface area contributed by atoms with Crippen LogP contribution < -0.4 is 11.1 Å². The highest BCUT2D eigenvalue weighted by Crippen LogP contribution is 2.18. The number of aromatic nitrogens is 1. The van der Waals surface area contributed by atoms with Gasteiger partial charge in [-0.15, -0.1) is 0 Å². The third-order valence-electron chi connectivity index (χ3n) is 2.53. The van der Waals surface area contributed by atoms with Crippen molar-refractivity contribution in [1.82, 2.24) is 4.98 Å². The minimum Gasteiger partial charge on any atom is -0.320 e. The second-order valence-electron chi connectivity index (χ2n) is 3.99. The third kappa shape index (κ3) is 3.78. The molecule has 0 aliphatic heterocycles. The molecule has 0 bridgehead atoms. The predicted octanol–water partition coefficient (Wildman–Crippen LogP) is 2.44. The second-order valence-corrected chi connectivity index (χ2v) is 4.40. The molecule has 1 amide bonds. The van der Waals surface area contributed by atoms with Gasteiger partial charge in [0.05, 0.1) is 17.1 Å². The standard InChI is InChI=1S/C15H11ClFN3O/c16-12-5-1-4-11(14(12)17)15(21)20-13-9-10(3-2-7-18)6-8-19-13/h1,4-6,8-9H,7,18H2,(H,19,20,21). The lowest BCUT2D eigenvalue weighted by atomic mass is 10.2. The summed E-state index contributed by atoms with van der Waals surface area (Å²) in [5.41, 5.74) is 5.79. The summed E-state index contributed by atoms with van der Waals surface area (Å²) in [6.07, 6.45) is 1.49. The van der Waals surface area contributed by atoms with Crippen LogP contribution in [0.3, 0.4) is 0 Å². The van der Waals surface area contributed by atoms with Gasteiger partial charge in [0.2, 0.25) is 0 Å². The highest BCUT2D eigenvalue weighted by atomic mass is 35.5. The van der Waals surface area contributed by atoms with Crippen LogP contribution in [0.2, 0.25) is 5.02 Å². The molecule has 106 valence electrons. The zero-order chi connectivity index (χ0) is 15.2. The monoisotopic (exact) mass is 303 g/mol. The van der Waals surface area contributed by atoms with Gasteiger partial charge < -0.3 is 11.1 Å². The molecule has 2 aromatic rings. The van der Waals surface area contributed by atoms with Crippen molar-refractivity contribution in [3.8, 4) is 11.8 Å². The second kappa shape index (κ2) is 6.84. The van der Waals surface area contributed by atoms with Gasteiger partial charge in [-0.25, -0.2) is 9.37 Å². The van der Waals surface area contributed by atoms with Crippen LogP contribution in [0.15, 0.2) is 36.5 Å². The summed E-state index contributed by atoms with van der Waals surface area (Å²) in [4.78, 5) is 16.0. The normalized spacial score (nSPS) is 9.67. The molecule has 3 N–H and O–H groups in total. The molecule has 0 aliphatic carbocycles. The first kappa shape index (κ1) is 15.0. The zero-order valence-electron chi connectivity index (χ0n) is 10.9. The van der Waals surface area contributed by atoms with E-state index in [1.54, 1.807) is 12.1 Å². The number of nitrogens with one attached hydrogen (secondary N) is 1. The zero-order valence-corrected chi connectivity index (χ0v) is 11.6. The van der Waals surface area contributed by atoms with E-state index in [2.05, 4.69) is 22.1 Å². The molecule has 0 spiro atoms. The van der Waals surface area contributed by atoms with E-state index in [1.165, 1.54) is 24.4 Å². The maximum absolute atomic E-state index is 13.8. The number of nitrogens with zero attached hydrogens (tertiary/aromatic N) is 1. The Morgan fingerprint density at radius 1 is 1.43 bits per heavy atom. The highest BCUT2D eigenvalue weighted by Gasteiger charge is 2.14. The van der Waals surface area contributed by atoms with Crippen LogP contribution in [-0.4, -0.2) is 17.4 Å². The van der Waals surface area contributed by atoms with Crippen molar-refractivity contribution in [1.29, 1.82) is 0 Å². The van der Waals surface area contributed by atoms with Crippen molar-refractivity contribution in [3.63, 3.8) is 0 Å². The Bertz CT molecular complexity index is 737. The molecule has 1 aromatic carbocycles. The number of anilines is 1. The lowest BCUT2D eigenvalue weighted by Crippen LogP contribution is -2.14. The van der Waals surface area contributed by atoms with Gasteiger partial charge >= 0.3 is 0 Å². The quantitative estimate of drug-likeness (QED) is 0.837. The Kier molecular flexibility index (Phi) is 4.88. The fourth-order valence-corrected chi connectivity index (χ4v) is 1.77. The van der Waals surface area contributed by atoms with Gasteiger partial charge in [-0.3, -0.25) is 4.79 Å². The number of hydrogen-bond donors (Lipinski definition) is 2. The summed E-state index contributed by atoms with van der Waals surface area (Å²) in [6, 6.07) is 7.46. The average molecular weight is 304 g/mol. The number of pyridine rings is 1. The first-order chi connectivity index (χ1) is 10.1. The molecule has 0 atom stereocenters. The van der Waals surface area contributed by atoms with Gasteiger partial charge in [0, 0.05) is 11.8 Å². The fourth-order valence-electron chi connectivity index (χ4n) is 1.59. The van der Waals surface area contributed by atoms with Crippen LogP contribution in [0, 0.1) is 17.7 Å². The number of halogens is 2. The molecule has 0 radical (unpaired) electrons. The lowest BCUT2D eigenvalue weighted by Gasteiger charge is -2.06.